The Morgan fingerprint density at radius 2 is 2.09 bits per heavy atom. The van der Waals surface area contributed by atoms with Gasteiger partial charge in [0.15, 0.2) is 0 Å². The number of carbonyl (C=O) groups is 1. The van der Waals surface area contributed by atoms with Crippen molar-refractivity contribution < 1.29 is 14.6 Å². The average molecular weight is 306 g/mol. The first-order valence-electron chi connectivity index (χ1n) is 7.98. The second-order valence-electron chi connectivity index (χ2n) is 5.83. The Hall–Kier alpha value is -1.59. The molecule has 1 aromatic carbocycles. The largest absolute Gasteiger partial charge is 0.495 e. The number of para-hydroxylation sites is 2. The van der Waals surface area contributed by atoms with Crippen molar-refractivity contribution in [3.05, 3.63) is 24.3 Å². The first kappa shape index (κ1) is 16.8. The van der Waals surface area contributed by atoms with Crippen LogP contribution in [-0.4, -0.2) is 48.8 Å². The zero-order valence-electron chi connectivity index (χ0n) is 13.4. The molecule has 1 amide bonds. The van der Waals surface area contributed by atoms with Crippen molar-refractivity contribution >= 4 is 11.6 Å². The number of ether oxygens (including phenoxy) is 1. The highest BCUT2D eigenvalue weighted by Crippen LogP contribution is 2.25. The van der Waals surface area contributed by atoms with Gasteiger partial charge in [-0.15, -0.1) is 0 Å². The lowest BCUT2D eigenvalue weighted by atomic mass is 9.95. The zero-order chi connectivity index (χ0) is 15.9. The average Bonchev–Trinajstić information content (AvgIpc) is 2.55. The molecule has 2 N–H and O–H groups in total. The fourth-order valence-corrected chi connectivity index (χ4v) is 2.79. The Bertz CT molecular complexity index is 485. The highest BCUT2D eigenvalue weighted by molar-refractivity contribution is 5.94. The van der Waals surface area contributed by atoms with E-state index in [-0.39, 0.29) is 17.9 Å². The minimum Gasteiger partial charge on any atom is -0.495 e. The number of nitrogens with one attached hydrogen (secondary N) is 1. The monoisotopic (exact) mass is 306 g/mol. The molecule has 0 saturated carbocycles. The lowest BCUT2D eigenvalue weighted by molar-refractivity contribution is -0.121. The molecule has 22 heavy (non-hydrogen) atoms. The molecular weight excluding hydrogens is 280 g/mol. The fourth-order valence-electron chi connectivity index (χ4n) is 2.79. The summed E-state index contributed by atoms with van der Waals surface area (Å²) in [4.78, 5) is 14.6. The van der Waals surface area contributed by atoms with Crippen molar-refractivity contribution in [1.82, 2.24) is 4.90 Å². The quantitative estimate of drug-likeness (QED) is 0.845. The Balaban J connectivity index is 1.85. The summed E-state index contributed by atoms with van der Waals surface area (Å²) in [5.41, 5.74) is 0.721. The van der Waals surface area contributed by atoms with Crippen LogP contribution in [0, 0.1) is 5.92 Å². The van der Waals surface area contributed by atoms with Gasteiger partial charge in [-0.3, -0.25) is 4.79 Å². The van der Waals surface area contributed by atoms with Gasteiger partial charge in [-0.2, -0.15) is 0 Å². The number of amides is 1. The van der Waals surface area contributed by atoms with Crippen molar-refractivity contribution in [2.45, 2.75) is 32.3 Å². The highest BCUT2D eigenvalue weighted by atomic mass is 16.5. The molecule has 0 radical (unpaired) electrons. The molecule has 1 saturated heterocycles. The van der Waals surface area contributed by atoms with E-state index in [2.05, 4.69) is 10.2 Å². The number of benzene rings is 1. The zero-order valence-corrected chi connectivity index (χ0v) is 13.4. The molecule has 1 aliphatic heterocycles. The molecule has 0 aliphatic carbocycles. The van der Waals surface area contributed by atoms with Crippen LogP contribution < -0.4 is 10.1 Å². The second kappa shape index (κ2) is 8.15. The van der Waals surface area contributed by atoms with Gasteiger partial charge in [0.2, 0.25) is 5.91 Å². The van der Waals surface area contributed by atoms with Crippen LogP contribution >= 0.6 is 0 Å². The van der Waals surface area contributed by atoms with Gasteiger partial charge in [0.1, 0.15) is 5.75 Å². The van der Waals surface area contributed by atoms with Gasteiger partial charge in [-0.05, 0) is 44.5 Å². The number of aliphatic hydroxyl groups is 1. The fraction of sp³-hybridized carbons (Fsp3) is 0.588. The number of nitrogens with zero attached hydrogens (tertiary/aromatic N) is 1. The maximum Gasteiger partial charge on any atom is 0.227 e. The normalized spacial score (nSPS) is 18.0. The Morgan fingerprint density at radius 3 is 2.73 bits per heavy atom. The summed E-state index contributed by atoms with van der Waals surface area (Å²) < 4.78 is 5.26. The summed E-state index contributed by atoms with van der Waals surface area (Å²) >= 11 is 0. The number of β-amino-alcohol motifs (C(OH)–C–C–N with tert-alkyl or cyclic N) is 1. The van der Waals surface area contributed by atoms with Crippen molar-refractivity contribution in [2.75, 3.05) is 32.1 Å². The van der Waals surface area contributed by atoms with E-state index in [0.29, 0.717) is 12.3 Å². The number of piperidine rings is 1. The number of anilines is 1. The van der Waals surface area contributed by atoms with Gasteiger partial charge < -0.3 is 20.1 Å². The summed E-state index contributed by atoms with van der Waals surface area (Å²) in [7, 11) is 1.60. The Labute approximate surface area is 132 Å². The summed E-state index contributed by atoms with van der Waals surface area (Å²) in [5.74, 6) is 0.763. The molecular formula is C17H26N2O3. The van der Waals surface area contributed by atoms with E-state index in [1.165, 1.54) is 0 Å². The molecule has 0 spiro atoms. The number of aliphatic hydroxyl groups excluding tert-OH is 1. The number of rotatable bonds is 6. The van der Waals surface area contributed by atoms with Gasteiger partial charge in [0.05, 0.1) is 18.9 Å². The molecule has 0 aromatic heterocycles. The molecule has 1 atom stereocenters. The highest BCUT2D eigenvalue weighted by Gasteiger charge is 2.26. The van der Waals surface area contributed by atoms with Gasteiger partial charge in [0.25, 0.3) is 0 Å². The molecule has 1 unspecified atom stereocenters. The van der Waals surface area contributed by atoms with Gasteiger partial charge in [-0.1, -0.05) is 19.1 Å². The Kier molecular flexibility index (Phi) is 6.21. The van der Waals surface area contributed by atoms with Crippen LogP contribution in [0.3, 0.4) is 0 Å². The van der Waals surface area contributed by atoms with Crippen molar-refractivity contribution in [2.24, 2.45) is 5.92 Å². The van der Waals surface area contributed by atoms with Crippen LogP contribution in [0.15, 0.2) is 24.3 Å². The SMILES string of the molecule is CCC(O)CN1CCC(C(=O)Nc2ccccc2OC)CC1. The number of methoxy groups -OCH3 is 1. The van der Waals surface area contributed by atoms with Crippen LogP contribution in [0.25, 0.3) is 0 Å². The molecule has 2 rings (SSSR count). The molecule has 5 nitrogen and oxygen atoms in total. The lowest BCUT2D eigenvalue weighted by Gasteiger charge is -2.32. The smallest absolute Gasteiger partial charge is 0.227 e. The minimum atomic E-state index is -0.265. The van der Waals surface area contributed by atoms with Gasteiger partial charge in [0, 0.05) is 12.5 Å². The van der Waals surface area contributed by atoms with E-state index < -0.39 is 0 Å². The van der Waals surface area contributed by atoms with Crippen molar-refractivity contribution in [3.8, 4) is 5.75 Å². The van der Waals surface area contributed by atoms with Crippen LogP contribution in [0.2, 0.25) is 0 Å². The lowest BCUT2D eigenvalue weighted by Crippen LogP contribution is -2.41. The van der Waals surface area contributed by atoms with Gasteiger partial charge in [-0.25, -0.2) is 0 Å². The predicted molar refractivity (Wildman–Crippen MR) is 87.1 cm³/mol. The second-order valence-corrected chi connectivity index (χ2v) is 5.83. The third-order valence-corrected chi connectivity index (χ3v) is 4.26. The first-order valence-corrected chi connectivity index (χ1v) is 7.98. The van der Waals surface area contributed by atoms with E-state index in [9.17, 15) is 9.90 Å². The van der Waals surface area contributed by atoms with Crippen molar-refractivity contribution in [1.29, 1.82) is 0 Å². The molecule has 0 bridgehead atoms. The minimum absolute atomic E-state index is 0.0277. The molecule has 1 aliphatic rings. The van der Waals surface area contributed by atoms with E-state index in [1.807, 2.05) is 31.2 Å². The van der Waals surface area contributed by atoms with E-state index >= 15 is 0 Å². The van der Waals surface area contributed by atoms with E-state index in [4.69, 9.17) is 4.74 Å². The van der Waals surface area contributed by atoms with Crippen LogP contribution in [0.5, 0.6) is 5.75 Å². The van der Waals surface area contributed by atoms with Gasteiger partial charge >= 0.3 is 0 Å². The number of hydrogen-bond acceptors (Lipinski definition) is 4. The molecule has 5 heteroatoms. The predicted octanol–water partition coefficient (Wildman–Crippen LogP) is 2.12. The third kappa shape index (κ3) is 4.45. The summed E-state index contributed by atoms with van der Waals surface area (Å²) in [6.07, 6.45) is 2.17. The summed E-state index contributed by atoms with van der Waals surface area (Å²) in [5, 5.41) is 12.7. The molecule has 1 fully saturated rings. The topological polar surface area (TPSA) is 61.8 Å². The number of carbonyl (C=O) groups excluding carboxylic acids is 1. The van der Waals surface area contributed by atoms with Crippen LogP contribution in [0.1, 0.15) is 26.2 Å². The molecule has 122 valence electrons. The number of hydrogen-bond donors (Lipinski definition) is 2. The summed E-state index contributed by atoms with van der Waals surface area (Å²) in [6, 6.07) is 7.45. The third-order valence-electron chi connectivity index (χ3n) is 4.26. The molecule has 1 heterocycles. The standard InChI is InChI=1S/C17H26N2O3/c1-3-14(20)12-19-10-8-13(9-11-19)17(21)18-15-6-4-5-7-16(15)22-2/h4-7,13-14,20H,3,8-12H2,1-2H3,(H,18,21). The first-order chi connectivity index (χ1) is 10.6. The number of likely N-dealkylation sites (tertiary alicyclic amines) is 1. The Morgan fingerprint density at radius 1 is 1.41 bits per heavy atom. The van der Waals surface area contributed by atoms with Crippen LogP contribution in [0.4, 0.5) is 5.69 Å². The van der Waals surface area contributed by atoms with Crippen molar-refractivity contribution in [3.63, 3.8) is 0 Å². The molecule has 1 aromatic rings. The van der Waals surface area contributed by atoms with Crippen LogP contribution in [-0.2, 0) is 4.79 Å². The van der Waals surface area contributed by atoms with E-state index in [0.717, 1.165) is 38.0 Å². The maximum atomic E-state index is 12.4. The van der Waals surface area contributed by atoms with E-state index in [1.54, 1.807) is 7.11 Å². The maximum absolute atomic E-state index is 12.4. The summed E-state index contributed by atoms with van der Waals surface area (Å²) in [6.45, 7) is 4.41.